The van der Waals surface area contributed by atoms with Gasteiger partial charge in [0.15, 0.2) is 0 Å². The predicted octanol–water partition coefficient (Wildman–Crippen LogP) is 1.18. The lowest BCUT2D eigenvalue weighted by atomic mass is 10.2. The maximum Gasteiger partial charge on any atom is 0.141 e. The summed E-state index contributed by atoms with van der Waals surface area (Å²) in [6.45, 7) is 0. The third kappa shape index (κ3) is 1.47. The van der Waals surface area contributed by atoms with Gasteiger partial charge >= 0.3 is 0 Å². The molecule has 1 N–H and O–H groups in total. The van der Waals surface area contributed by atoms with Gasteiger partial charge in [-0.05, 0) is 29.3 Å². The summed E-state index contributed by atoms with van der Waals surface area (Å²) in [5.74, 6) is -0.0187. The molecule has 0 saturated carbocycles. The molecule has 0 aliphatic carbocycles. The molecular formula is C9H6NO3S-. The molecule has 0 saturated heterocycles. The van der Waals surface area contributed by atoms with Crippen LogP contribution in [0, 0.1) is 0 Å². The zero-order chi connectivity index (χ0) is 10.1. The molecule has 0 aliphatic heterocycles. The summed E-state index contributed by atoms with van der Waals surface area (Å²) in [4.78, 5) is 3.81. The number of fused-ring (bicyclic) bond motifs is 1. The van der Waals surface area contributed by atoms with Crippen molar-refractivity contribution in [2.24, 2.45) is 0 Å². The van der Waals surface area contributed by atoms with E-state index in [4.69, 9.17) is 0 Å². The molecule has 0 aliphatic rings. The van der Waals surface area contributed by atoms with Gasteiger partial charge in [-0.15, -0.1) is 0 Å². The number of phenols is 1. The van der Waals surface area contributed by atoms with Crippen molar-refractivity contribution in [1.29, 1.82) is 0 Å². The smallest absolute Gasteiger partial charge is 0.141 e. The number of rotatable bonds is 1. The Labute approximate surface area is 82.5 Å². The Kier molecular flexibility index (Phi) is 2.18. The van der Waals surface area contributed by atoms with Crippen LogP contribution in [-0.4, -0.2) is 18.9 Å². The van der Waals surface area contributed by atoms with Crippen LogP contribution in [0.4, 0.5) is 0 Å². The van der Waals surface area contributed by atoms with Crippen molar-refractivity contribution in [2.45, 2.75) is 5.03 Å². The molecule has 5 heteroatoms. The van der Waals surface area contributed by atoms with Gasteiger partial charge < -0.3 is 9.66 Å². The Hall–Kier alpha value is -1.46. The lowest BCUT2D eigenvalue weighted by Crippen LogP contribution is -1.93. The van der Waals surface area contributed by atoms with Gasteiger partial charge in [0.2, 0.25) is 0 Å². The standard InChI is InChI=1S/C9H7NO3S/c11-7-3-1-2-6-4-5-8(14(12)13)10-9(6)7/h1-5,11H,(H,12,13)/p-1. The minimum atomic E-state index is -2.37. The first kappa shape index (κ1) is 9.11. The van der Waals surface area contributed by atoms with Crippen molar-refractivity contribution in [1.82, 2.24) is 4.98 Å². The molecule has 4 nitrogen and oxygen atoms in total. The van der Waals surface area contributed by atoms with Gasteiger partial charge in [0.05, 0.1) is 0 Å². The quantitative estimate of drug-likeness (QED) is 0.714. The van der Waals surface area contributed by atoms with Crippen LogP contribution < -0.4 is 0 Å². The van der Waals surface area contributed by atoms with Gasteiger partial charge in [-0.3, -0.25) is 4.21 Å². The molecule has 14 heavy (non-hydrogen) atoms. The Morgan fingerprint density at radius 1 is 1.29 bits per heavy atom. The van der Waals surface area contributed by atoms with Crippen LogP contribution in [0.15, 0.2) is 35.4 Å². The van der Waals surface area contributed by atoms with Crippen molar-refractivity contribution in [3.63, 3.8) is 0 Å². The molecule has 0 spiro atoms. The van der Waals surface area contributed by atoms with E-state index in [1.54, 1.807) is 18.2 Å². The third-order valence-electron chi connectivity index (χ3n) is 1.84. The summed E-state index contributed by atoms with van der Waals surface area (Å²) in [6.07, 6.45) is 0. The number of hydrogen-bond acceptors (Lipinski definition) is 4. The van der Waals surface area contributed by atoms with Gasteiger partial charge in [0.1, 0.15) is 16.3 Å². The first-order valence-corrected chi connectivity index (χ1v) is 4.94. The van der Waals surface area contributed by atoms with Gasteiger partial charge in [-0.1, -0.05) is 12.1 Å². The van der Waals surface area contributed by atoms with Crippen LogP contribution in [0.1, 0.15) is 0 Å². The second-order valence-corrected chi connectivity index (χ2v) is 3.62. The van der Waals surface area contributed by atoms with E-state index in [-0.39, 0.29) is 10.8 Å². The van der Waals surface area contributed by atoms with Crippen molar-refractivity contribution < 1.29 is 13.9 Å². The van der Waals surface area contributed by atoms with E-state index in [9.17, 15) is 13.9 Å². The van der Waals surface area contributed by atoms with Gasteiger partial charge in [0.25, 0.3) is 0 Å². The highest BCUT2D eigenvalue weighted by atomic mass is 32.2. The minimum absolute atomic E-state index is 0.0187. The molecule has 72 valence electrons. The molecule has 1 heterocycles. The largest absolute Gasteiger partial charge is 0.767 e. The molecular weight excluding hydrogens is 202 g/mol. The Morgan fingerprint density at radius 2 is 2.07 bits per heavy atom. The predicted molar refractivity (Wildman–Crippen MR) is 50.6 cm³/mol. The Bertz CT molecular complexity index is 512. The van der Waals surface area contributed by atoms with Crippen LogP contribution in [0.2, 0.25) is 0 Å². The third-order valence-corrected chi connectivity index (χ3v) is 2.41. The van der Waals surface area contributed by atoms with Crippen LogP contribution in [0.25, 0.3) is 10.9 Å². The summed E-state index contributed by atoms with van der Waals surface area (Å²) in [6, 6.07) is 7.89. The Morgan fingerprint density at radius 3 is 2.79 bits per heavy atom. The maximum absolute atomic E-state index is 10.6. The molecule has 2 rings (SSSR count). The summed E-state index contributed by atoms with van der Waals surface area (Å²) in [5.41, 5.74) is 0.300. The molecule has 1 atom stereocenters. The zero-order valence-corrected chi connectivity index (χ0v) is 7.82. The number of phenolic OH excluding ortho intramolecular Hbond substituents is 1. The van der Waals surface area contributed by atoms with Crippen LogP contribution in [-0.2, 0) is 11.1 Å². The van der Waals surface area contributed by atoms with E-state index in [1.165, 1.54) is 12.1 Å². The van der Waals surface area contributed by atoms with E-state index in [2.05, 4.69) is 4.98 Å². The lowest BCUT2D eigenvalue weighted by molar-refractivity contribution is 0.480. The summed E-state index contributed by atoms with van der Waals surface area (Å²) >= 11 is -2.37. The summed E-state index contributed by atoms with van der Waals surface area (Å²) in [7, 11) is 0. The monoisotopic (exact) mass is 208 g/mol. The van der Waals surface area contributed by atoms with E-state index in [0.29, 0.717) is 10.9 Å². The van der Waals surface area contributed by atoms with Crippen molar-refractivity contribution in [2.75, 3.05) is 0 Å². The molecule has 0 fully saturated rings. The number of nitrogens with zero attached hydrogens (tertiary/aromatic N) is 1. The highest BCUT2D eigenvalue weighted by molar-refractivity contribution is 7.79. The Balaban J connectivity index is 2.76. The second-order valence-electron chi connectivity index (χ2n) is 2.73. The minimum Gasteiger partial charge on any atom is -0.767 e. The number of aromatic nitrogens is 1. The van der Waals surface area contributed by atoms with Gasteiger partial charge in [0, 0.05) is 5.39 Å². The fourth-order valence-corrected chi connectivity index (χ4v) is 1.55. The summed E-state index contributed by atoms with van der Waals surface area (Å²) < 4.78 is 21.2. The number of benzene rings is 1. The first-order chi connectivity index (χ1) is 6.68. The number of pyridine rings is 1. The summed E-state index contributed by atoms with van der Waals surface area (Å²) in [5, 5.41) is 10.1. The van der Waals surface area contributed by atoms with Crippen molar-refractivity contribution >= 4 is 22.0 Å². The highest BCUT2D eigenvalue weighted by Gasteiger charge is 2.02. The number of hydrogen-bond donors (Lipinski definition) is 1. The van der Waals surface area contributed by atoms with Crippen LogP contribution in [0.5, 0.6) is 5.75 Å². The molecule has 1 aromatic heterocycles. The first-order valence-electron chi connectivity index (χ1n) is 3.86. The number of aromatic hydroxyl groups is 1. The fourth-order valence-electron chi connectivity index (χ4n) is 1.21. The van der Waals surface area contributed by atoms with E-state index in [1.807, 2.05) is 0 Å². The second kappa shape index (κ2) is 3.36. The molecule has 0 radical (unpaired) electrons. The molecule has 1 aromatic carbocycles. The number of para-hydroxylation sites is 1. The highest BCUT2D eigenvalue weighted by Crippen LogP contribution is 2.22. The molecule has 2 aromatic rings. The molecule has 0 amide bonds. The van der Waals surface area contributed by atoms with E-state index < -0.39 is 11.1 Å². The SMILES string of the molecule is O=S([O-])c1ccc2cccc(O)c2n1. The van der Waals surface area contributed by atoms with Gasteiger partial charge in [-0.2, -0.15) is 0 Å². The topological polar surface area (TPSA) is 73.2 Å². The average Bonchev–Trinajstić information content (AvgIpc) is 2.18. The molecule has 0 bridgehead atoms. The molecule has 1 unspecified atom stereocenters. The lowest BCUT2D eigenvalue weighted by Gasteiger charge is -2.05. The van der Waals surface area contributed by atoms with Crippen molar-refractivity contribution in [3.05, 3.63) is 30.3 Å². The zero-order valence-electron chi connectivity index (χ0n) is 7.01. The van der Waals surface area contributed by atoms with E-state index in [0.717, 1.165) is 0 Å². The van der Waals surface area contributed by atoms with Crippen LogP contribution >= 0.6 is 0 Å². The van der Waals surface area contributed by atoms with Gasteiger partial charge in [-0.25, -0.2) is 4.98 Å². The maximum atomic E-state index is 10.6. The van der Waals surface area contributed by atoms with E-state index >= 15 is 0 Å². The average molecular weight is 208 g/mol. The van der Waals surface area contributed by atoms with Crippen molar-refractivity contribution in [3.8, 4) is 5.75 Å². The van der Waals surface area contributed by atoms with Crippen LogP contribution in [0.3, 0.4) is 0 Å². The normalized spacial score (nSPS) is 12.9. The fraction of sp³-hybridized carbons (Fsp3) is 0.